The number of likely N-dealkylation sites (tertiary alicyclic amines) is 1. The number of halogens is 1. The summed E-state index contributed by atoms with van der Waals surface area (Å²) in [5.74, 6) is 2.75. The molecule has 0 bridgehead atoms. The molecule has 2 rings (SSSR count). The van der Waals surface area contributed by atoms with Gasteiger partial charge in [0.1, 0.15) is 0 Å². The molecule has 2 N–H and O–H groups in total. The summed E-state index contributed by atoms with van der Waals surface area (Å²) in [5.41, 5.74) is 0. The zero-order valence-electron chi connectivity index (χ0n) is 15.1. The summed E-state index contributed by atoms with van der Waals surface area (Å²) in [4.78, 5) is 6.92. The van der Waals surface area contributed by atoms with E-state index in [9.17, 15) is 0 Å². The van der Waals surface area contributed by atoms with Crippen LogP contribution in [0.25, 0.3) is 0 Å². The third kappa shape index (κ3) is 8.05. The van der Waals surface area contributed by atoms with Crippen LogP contribution < -0.4 is 10.6 Å². The first kappa shape index (κ1) is 21.0. The quantitative estimate of drug-likeness (QED) is 0.278. The van der Waals surface area contributed by atoms with Crippen LogP contribution in [0.15, 0.2) is 4.99 Å². The van der Waals surface area contributed by atoms with Crippen molar-refractivity contribution in [1.82, 2.24) is 15.5 Å². The highest BCUT2D eigenvalue weighted by Crippen LogP contribution is 2.28. The number of guanidine groups is 1. The molecule has 5 heteroatoms. The molecule has 1 aliphatic heterocycles. The summed E-state index contributed by atoms with van der Waals surface area (Å²) in [6, 6.07) is 0. The van der Waals surface area contributed by atoms with Gasteiger partial charge in [0.05, 0.1) is 0 Å². The van der Waals surface area contributed by atoms with Crippen LogP contribution in [0, 0.1) is 11.8 Å². The van der Waals surface area contributed by atoms with Gasteiger partial charge < -0.3 is 15.5 Å². The second kappa shape index (κ2) is 12.3. The molecular weight excluding hydrogens is 399 g/mol. The Morgan fingerprint density at radius 3 is 2.52 bits per heavy atom. The van der Waals surface area contributed by atoms with E-state index in [1.54, 1.807) is 0 Å². The molecule has 23 heavy (non-hydrogen) atoms. The van der Waals surface area contributed by atoms with Gasteiger partial charge in [0.25, 0.3) is 0 Å². The van der Waals surface area contributed by atoms with Crippen molar-refractivity contribution in [2.45, 2.75) is 58.3 Å². The molecule has 4 nitrogen and oxygen atoms in total. The average Bonchev–Trinajstić information content (AvgIpc) is 3.08. The molecule has 0 aromatic heterocycles. The maximum absolute atomic E-state index is 4.36. The summed E-state index contributed by atoms with van der Waals surface area (Å²) < 4.78 is 0. The number of nitrogens with zero attached hydrogens (tertiary/aromatic N) is 2. The summed E-state index contributed by atoms with van der Waals surface area (Å²) >= 11 is 0. The Morgan fingerprint density at radius 1 is 1.09 bits per heavy atom. The molecule has 1 unspecified atom stereocenters. The average molecular weight is 436 g/mol. The number of hydrogen-bond donors (Lipinski definition) is 2. The first-order valence-corrected chi connectivity index (χ1v) is 9.48. The van der Waals surface area contributed by atoms with Crippen LogP contribution >= 0.6 is 24.0 Å². The van der Waals surface area contributed by atoms with Crippen LogP contribution in [-0.2, 0) is 0 Å². The highest BCUT2D eigenvalue weighted by Gasteiger charge is 2.18. The van der Waals surface area contributed by atoms with Crippen molar-refractivity contribution in [2.75, 3.05) is 39.8 Å². The van der Waals surface area contributed by atoms with Gasteiger partial charge in [-0.2, -0.15) is 0 Å². The van der Waals surface area contributed by atoms with Crippen molar-refractivity contribution >= 4 is 29.9 Å². The maximum Gasteiger partial charge on any atom is 0.190 e. The fraction of sp³-hybridized carbons (Fsp3) is 0.944. The first-order valence-electron chi connectivity index (χ1n) is 9.48. The molecule has 1 saturated carbocycles. The number of piperidine rings is 1. The first-order chi connectivity index (χ1) is 10.8. The van der Waals surface area contributed by atoms with Gasteiger partial charge in [0, 0.05) is 26.7 Å². The molecule has 0 aromatic carbocycles. The Bertz CT molecular complexity index is 329. The van der Waals surface area contributed by atoms with Gasteiger partial charge in [-0.3, -0.25) is 4.99 Å². The van der Waals surface area contributed by atoms with E-state index in [4.69, 9.17) is 0 Å². The van der Waals surface area contributed by atoms with Gasteiger partial charge in [-0.1, -0.05) is 32.6 Å². The van der Waals surface area contributed by atoms with E-state index < -0.39 is 0 Å². The van der Waals surface area contributed by atoms with E-state index >= 15 is 0 Å². The van der Waals surface area contributed by atoms with E-state index in [2.05, 4.69) is 27.4 Å². The minimum atomic E-state index is 0. The van der Waals surface area contributed by atoms with Gasteiger partial charge in [0.2, 0.25) is 0 Å². The Morgan fingerprint density at radius 2 is 1.83 bits per heavy atom. The minimum Gasteiger partial charge on any atom is -0.356 e. The lowest BCUT2D eigenvalue weighted by molar-refractivity contribution is 0.183. The maximum atomic E-state index is 4.36. The number of hydrogen-bond acceptors (Lipinski definition) is 2. The zero-order valence-corrected chi connectivity index (χ0v) is 17.5. The van der Waals surface area contributed by atoms with Gasteiger partial charge in [-0.05, 0) is 50.6 Å². The molecule has 0 aromatic rings. The lowest BCUT2D eigenvalue weighted by atomic mass is 9.98. The van der Waals surface area contributed by atoms with Crippen LogP contribution in [0.4, 0.5) is 0 Å². The predicted molar refractivity (Wildman–Crippen MR) is 111 cm³/mol. The van der Waals surface area contributed by atoms with Crippen LogP contribution in [-0.4, -0.2) is 50.6 Å². The van der Waals surface area contributed by atoms with Crippen LogP contribution in [0.2, 0.25) is 0 Å². The van der Waals surface area contributed by atoms with E-state index in [1.807, 2.05) is 7.05 Å². The molecule has 1 saturated heterocycles. The molecule has 0 spiro atoms. The van der Waals surface area contributed by atoms with Gasteiger partial charge >= 0.3 is 0 Å². The van der Waals surface area contributed by atoms with Crippen LogP contribution in [0.5, 0.6) is 0 Å². The van der Waals surface area contributed by atoms with E-state index in [1.165, 1.54) is 71.0 Å². The number of nitrogens with one attached hydrogen (secondary N) is 2. The second-order valence-electron chi connectivity index (χ2n) is 7.07. The lowest BCUT2D eigenvalue weighted by Gasteiger charge is -2.32. The molecule has 1 aliphatic carbocycles. The molecule has 0 radical (unpaired) electrons. The van der Waals surface area contributed by atoms with Crippen molar-refractivity contribution in [2.24, 2.45) is 16.8 Å². The SMILES string of the molecule is CCN1CCCC(CNC(=NC)NCCCC2CCCC2)C1.I. The van der Waals surface area contributed by atoms with Crippen molar-refractivity contribution in [3.8, 4) is 0 Å². The molecule has 2 fully saturated rings. The third-order valence-electron chi connectivity index (χ3n) is 5.39. The Kier molecular flexibility index (Phi) is 11.3. The predicted octanol–water partition coefficient (Wildman–Crippen LogP) is 3.47. The molecule has 136 valence electrons. The topological polar surface area (TPSA) is 39.7 Å². The Hall–Kier alpha value is -0.0400. The molecular formula is C18H37IN4. The van der Waals surface area contributed by atoms with Gasteiger partial charge in [-0.15, -0.1) is 24.0 Å². The summed E-state index contributed by atoms with van der Waals surface area (Å²) in [6.07, 6.45) is 11.2. The monoisotopic (exact) mass is 436 g/mol. The fourth-order valence-corrected chi connectivity index (χ4v) is 3.96. The highest BCUT2D eigenvalue weighted by atomic mass is 127. The molecule has 1 atom stereocenters. The minimum absolute atomic E-state index is 0. The van der Waals surface area contributed by atoms with Crippen LogP contribution in [0.3, 0.4) is 0 Å². The number of rotatable bonds is 7. The molecule has 1 heterocycles. The van der Waals surface area contributed by atoms with Crippen molar-refractivity contribution < 1.29 is 0 Å². The fourth-order valence-electron chi connectivity index (χ4n) is 3.96. The van der Waals surface area contributed by atoms with Crippen LogP contribution in [0.1, 0.15) is 58.3 Å². The van der Waals surface area contributed by atoms with Gasteiger partial charge in [0.15, 0.2) is 5.96 Å². The number of aliphatic imine (C=N–C) groups is 1. The van der Waals surface area contributed by atoms with Gasteiger partial charge in [-0.25, -0.2) is 0 Å². The van der Waals surface area contributed by atoms with Crippen molar-refractivity contribution in [3.05, 3.63) is 0 Å². The van der Waals surface area contributed by atoms with E-state index in [0.29, 0.717) is 0 Å². The summed E-state index contributed by atoms with van der Waals surface area (Å²) in [5, 5.41) is 7.01. The normalized spacial score (nSPS) is 23.6. The molecule has 0 amide bonds. The third-order valence-corrected chi connectivity index (χ3v) is 5.39. The molecule has 2 aliphatic rings. The van der Waals surface area contributed by atoms with Crippen molar-refractivity contribution in [1.29, 1.82) is 0 Å². The Labute approximate surface area is 160 Å². The smallest absolute Gasteiger partial charge is 0.190 e. The largest absolute Gasteiger partial charge is 0.356 e. The van der Waals surface area contributed by atoms with E-state index in [0.717, 1.165) is 30.9 Å². The van der Waals surface area contributed by atoms with E-state index in [-0.39, 0.29) is 24.0 Å². The lowest BCUT2D eigenvalue weighted by Crippen LogP contribution is -2.44. The standard InChI is InChI=1S/C18H36N4.HI/c1-3-22-13-7-11-17(15-22)14-21-18(19-2)20-12-6-10-16-8-4-5-9-16;/h16-17H,3-15H2,1-2H3,(H2,19,20,21);1H. The summed E-state index contributed by atoms with van der Waals surface area (Å²) in [6.45, 7) is 8.08. The zero-order chi connectivity index (χ0) is 15.6. The van der Waals surface area contributed by atoms with Crippen molar-refractivity contribution in [3.63, 3.8) is 0 Å². The summed E-state index contributed by atoms with van der Waals surface area (Å²) in [7, 11) is 1.88. The second-order valence-corrected chi connectivity index (χ2v) is 7.07. The Balaban J connectivity index is 0.00000264. The highest BCUT2D eigenvalue weighted by molar-refractivity contribution is 14.0.